The summed E-state index contributed by atoms with van der Waals surface area (Å²) in [6, 6.07) is 5.60. The van der Waals surface area contributed by atoms with Crippen LogP contribution in [0.15, 0.2) is 18.2 Å². The number of halogens is 1. The van der Waals surface area contributed by atoms with Crippen LogP contribution in [0.3, 0.4) is 0 Å². The number of carbonyl (C=O) groups excluding carboxylic acids is 1. The molecule has 1 rings (SSSR count). The fraction of sp³-hybridized carbons (Fsp3) is 0.385. The van der Waals surface area contributed by atoms with Crippen LogP contribution in [0, 0.1) is 17.1 Å². The molecule has 0 spiro atoms. The zero-order valence-corrected chi connectivity index (χ0v) is 9.79. The number of hydrogen-bond donors (Lipinski definition) is 1. The number of anilines is 1. The largest absolute Gasteiger partial charge is 0.325 e. The predicted octanol–water partition coefficient (Wildman–Crippen LogP) is 3.22. The Kier molecular flexibility index (Phi) is 5.15. The molecule has 1 N–H and O–H groups in total. The summed E-state index contributed by atoms with van der Waals surface area (Å²) in [7, 11) is 0. The van der Waals surface area contributed by atoms with Gasteiger partial charge in [-0.05, 0) is 24.6 Å². The molecule has 0 atom stereocenters. The number of hydrogen-bond acceptors (Lipinski definition) is 2. The summed E-state index contributed by atoms with van der Waals surface area (Å²) >= 11 is 0. The van der Waals surface area contributed by atoms with Gasteiger partial charge in [0.25, 0.3) is 0 Å². The molecule has 0 unspecified atom stereocenters. The minimum absolute atomic E-state index is 0.137. The lowest BCUT2D eigenvalue weighted by Crippen LogP contribution is -2.12. The lowest BCUT2D eigenvalue weighted by Gasteiger charge is -2.06. The molecule has 1 aromatic carbocycles. The third-order valence-electron chi connectivity index (χ3n) is 2.38. The van der Waals surface area contributed by atoms with E-state index in [2.05, 4.69) is 12.2 Å². The maximum atomic E-state index is 12.9. The molecule has 1 aromatic rings. The Morgan fingerprint density at radius 2 is 2.24 bits per heavy atom. The maximum absolute atomic E-state index is 12.9. The van der Waals surface area contributed by atoms with Gasteiger partial charge in [0.15, 0.2) is 0 Å². The Balaban J connectivity index is 2.62. The van der Waals surface area contributed by atoms with E-state index in [1.54, 1.807) is 0 Å². The minimum Gasteiger partial charge on any atom is -0.325 e. The van der Waals surface area contributed by atoms with Gasteiger partial charge in [-0.1, -0.05) is 19.8 Å². The van der Waals surface area contributed by atoms with E-state index in [4.69, 9.17) is 5.26 Å². The number of nitrogens with zero attached hydrogens (tertiary/aromatic N) is 1. The molecule has 1 amide bonds. The number of nitrogens with one attached hydrogen (secondary N) is 1. The average Bonchev–Trinajstić information content (AvgIpc) is 2.32. The van der Waals surface area contributed by atoms with Crippen molar-refractivity contribution in [3.8, 4) is 6.07 Å². The molecule has 0 fully saturated rings. The Bertz CT molecular complexity index is 438. The van der Waals surface area contributed by atoms with Crippen LogP contribution >= 0.6 is 0 Å². The molecule has 0 aromatic heterocycles. The van der Waals surface area contributed by atoms with E-state index in [1.807, 2.05) is 6.07 Å². The molecule has 0 heterocycles. The van der Waals surface area contributed by atoms with E-state index in [1.165, 1.54) is 12.1 Å². The molecule has 90 valence electrons. The van der Waals surface area contributed by atoms with E-state index in [0.717, 1.165) is 25.3 Å². The van der Waals surface area contributed by atoms with Crippen molar-refractivity contribution < 1.29 is 9.18 Å². The molecule has 17 heavy (non-hydrogen) atoms. The van der Waals surface area contributed by atoms with Crippen molar-refractivity contribution in [1.29, 1.82) is 5.26 Å². The molecular formula is C13H15FN2O. The van der Waals surface area contributed by atoms with Gasteiger partial charge < -0.3 is 5.32 Å². The van der Waals surface area contributed by atoms with Gasteiger partial charge in [0.2, 0.25) is 5.91 Å². The molecule has 0 saturated heterocycles. The molecule has 0 aliphatic carbocycles. The Morgan fingerprint density at radius 1 is 1.47 bits per heavy atom. The molecule has 0 saturated carbocycles. The first-order valence-electron chi connectivity index (χ1n) is 5.67. The van der Waals surface area contributed by atoms with Gasteiger partial charge >= 0.3 is 0 Å². The van der Waals surface area contributed by atoms with Gasteiger partial charge in [-0.25, -0.2) is 4.39 Å². The fourth-order valence-corrected chi connectivity index (χ4v) is 1.47. The van der Waals surface area contributed by atoms with Crippen molar-refractivity contribution in [2.45, 2.75) is 32.6 Å². The summed E-state index contributed by atoms with van der Waals surface area (Å²) in [4.78, 5) is 11.5. The lowest BCUT2D eigenvalue weighted by atomic mass is 10.1. The minimum atomic E-state index is -0.481. The third-order valence-corrected chi connectivity index (χ3v) is 2.38. The van der Waals surface area contributed by atoms with E-state index in [-0.39, 0.29) is 11.5 Å². The van der Waals surface area contributed by atoms with E-state index in [9.17, 15) is 9.18 Å². The predicted molar refractivity (Wildman–Crippen MR) is 63.9 cm³/mol. The Labute approximate surface area is 100 Å². The van der Waals surface area contributed by atoms with Crippen molar-refractivity contribution in [2.24, 2.45) is 0 Å². The van der Waals surface area contributed by atoms with Gasteiger partial charge in [0.05, 0.1) is 11.3 Å². The third kappa shape index (κ3) is 4.23. The first-order valence-corrected chi connectivity index (χ1v) is 5.67. The molecule has 0 aliphatic rings. The second kappa shape index (κ2) is 6.64. The molecule has 0 bridgehead atoms. The van der Waals surface area contributed by atoms with Crippen molar-refractivity contribution in [2.75, 3.05) is 5.32 Å². The molecule has 4 heteroatoms. The van der Waals surface area contributed by atoms with Gasteiger partial charge in [0.1, 0.15) is 11.9 Å². The average molecular weight is 234 g/mol. The summed E-state index contributed by atoms with van der Waals surface area (Å²) in [5, 5.41) is 11.4. The highest BCUT2D eigenvalue weighted by Gasteiger charge is 2.07. The van der Waals surface area contributed by atoms with Crippen LogP contribution < -0.4 is 5.32 Å². The number of benzene rings is 1. The normalized spacial score (nSPS) is 9.71. The molecule has 0 radical (unpaired) electrons. The summed E-state index contributed by atoms with van der Waals surface area (Å²) in [5.41, 5.74) is 0.518. The van der Waals surface area contributed by atoms with Gasteiger partial charge in [0, 0.05) is 6.42 Å². The molecule has 3 nitrogen and oxygen atoms in total. The van der Waals surface area contributed by atoms with E-state index in [0.29, 0.717) is 12.1 Å². The van der Waals surface area contributed by atoms with Gasteiger partial charge in [-0.2, -0.15) is 5.26 Å². The quantitative estimate of drug-likeness (QED) is 0.795. The molecular weight excluding hydrogens is 219 g/mol. The van der Waals surface area contributed by atoms with Crippen LogP contribution in [-0.2, 0) is 4.79 Å². The monoisotopic (exact) mass is 234 g/mol. The summed E-state index contributed by atoms with van der Waals surface area (Å²) < 4.78 is 12.9. The second-order valence-corrected chi connectivity index (χ2v) is 3.81. The topological polar surface area (TPSA) is 52.9 Å². The second-order valence-electron chi connectivity index (χ2n) is 3.81. The van der Waals surface area contributed by atoms with Crippen LogP contribution in [0.25, 0.3) is 0 Å². The Hall–Kier alpha value is -1.89. The van der Waals surface area contributed by atoms with Crippen molar-refractivity contribution in [3.63, 3.8) is 0 Å². The summed E-state index contributed by atoms with van der Waals surface area (Å²) in [6.07, 6.45) is 3.30. The highest BCUT2D eigenvalue weighted by atomic mass is 19.1. The van der Waals surface area contributed by atoms with Crippen molar-refractivity contribution >= 4 is 11.6 Å². The highest BCUT2D eigenvalue weighted by molar-refractivity contribution is 5.92. The van der Waals surface area contributed by atoms with Crippen molar-refractivity contribution in [1.82, 2.24) is 0 Å². The summed E-state index contributed by atoms with van der Waals surface area (Å²) in [6.45, 7) is 2.06. The van der Waals surface area contributed by atoms with Gasteiger partial charge in [-0.3, -0.25) is 4.79 Å². The van der Waals surface area contributed by atoms with Crippen LogP contribution in [-0.4, -0.2) is 5.91 Å². The van der Waals surface area contributed by atoms with E-state index >= 15 is 0 Å². The SMILES string of the molecule is CCCCCC(=O)Nc1ccc(F)cc1C#N. The van der Waals surface area contributed by atoms with Crippen molar-refractivity contribution in [3.05, 3.63) is 29.6 Å². The van der Waals surface area contributed by atoms with Crippen LogP contribution in [0.2, 0.25) is 0 Å². The van der Waals surface area contributed by atoms with E-state index < -0.39 is 5.82 Å². The zero-order chi connectivity index (χ0) is 12.7. The van der Waals surface area contributed by atoms with Crippen LogP contribution in [0.1, 0.15) is 38.2 Å². The maximum Gasteiger partial charge on any atom is 0.224 e. The summed E-state index contributed by atoms with van der Waals surface area (Å²) in [5.74, 6) is -0.618. The first kappa shape index (κ1) is 13.2. The number of nitriles is 1. The number of unbranched alkanes of at least 4 members (excludes halogenated alkanes) is 2. The van der Waals surface area contributed by atoms with Crippen LogP contribution in [0.5, 0.6) is 0 Å². The van der Waals surface area contributed by atoms with Gasteiger partial charge in [-0.15, -0.1) is 0 Å². The number of amides is 1. The fourth-order valence-electron chi connectivity index (χ4n) is 1.47. The van der Waals surface area contributed by atoms with Crippen LogP contribution in [0.4, 0.5) is 10.1 Å². The molecule has 0 aliphatic heterocycles. The lowest BCUT2D eigenvalue weighted by molar-refractivity contribution is -0.116. The number of rotatable bonds is 5. The number of carbonyl (C=O) groups is 1. The Morgan fingerprint density at radius 3 is 2.88 bits per heavy atom. The zero-order valence-electron chi connectivity index (χ0n) is 9.79. The smallest absolute Gasteiger partial charge is 0.224 e. The highest BCUT2D eigenvalue weighted by Crippen LogP contribution is 2.16. The first-order chi connectivity index (χ1) is 8.17. The standard InChI is InChI=1S/C13H15FN2O/c1-2-3-4-5-13(17)16-12-7-6-11(14)8-10(12)9-15/h6-8H,2-5H2,1H3,(H,16,17).